The number of nitrogen functional groups attached to an aromatic ring is 1. The Balaban J connectivity index is 0.00000256. The third-order valence-corrected chi connectivity index (χ3v) is 1.90. The minimum absolute atomic E-state index is 0. The van der Waals surface area contributed by atoms with Crippen molar-refractivity contribution in [1.29, 1.82) is 0 Å². The van der Waals surface area contributed by atoms with Crippen molar-refractivity contribution in [2.75, 3.05) is 18.9 Å². The quantitative estimate of drug-likeness (QED) is 0.623. The monoisotopic (exact) mass is 258 g/mol. The Morgan fingerprint density at radius 3 is 2.59 bits per heavy atom. The fraction of sp³-hybridized carbons (Fsp3) is 0.273. The third kappa shape index (κ3) is 4.74. The molecule has 5 nitrogen and oxygen atoms in total. The van der Waals surface area contributed by atoms with E-state index in [0.29, 0.717) is 17.9 Å². The summed E-state index contributed by atoms with van der Waals surface area (Å²) in [6, 6.07) is 6.65. The maximum atomic E-state index is 11.6. The van der Waals surface area contributed by atoms with Crippen molar-refractivity contribution < 1.29 is 14.3 Å². The van der Waals surface area contributed by atoms with Gasteiger partial charge in [0.2, 0.25) is 0 Å². The van der Waals surface area contributed by atoms with E-state index >= 15 is 0 Å². The first-order valence-electron chi connectivity index (χ1n) is 4.93. The summed E-state index contributed by atoms with van der Waals surface area (Å²) in [5.74, 6) is -0.850. The first kappa shape index (κ1) is 15.2. The Morgan fingerprint density at radius 2 is 2.00 bits per heavy atom. The van der Waals surface area contributed by atoms with Crippen LogP contribution in [0.15, 0.2) is 24.3 Å². The molecule has 0 aliphatic heterocycles. The summed E-state index contributed by atoms with van der Waals surface area (Å²) < 4.78 is 4.67. The number of ether oxygens (including phenoxy) is 1. The Labute approximate surface area is 106 Å². The van der Waals surface area contributed by atoms with Crippen LogP contribution in [0.2, 0.25) is 0 Å². The molecule has 0 atom stereocenters. The fourth-order valence-electron chi connectivity index (χ4n) is 1.16. The summed E-state index contributed by atoms with van der Waals surface area (Å²) in [7, 11) is 0. The van der Waals surface area contributed by atoms with Crippen molar-refractivity contribution in [1.82, 2.24) is 5.32 Å². The van der Waals surface area contributed by atoms with Gasteiger partial charge in [0.1, 0.15) is 6.54 Å². The summed E-state index contributed by atoms with van der Waals surface area (Å²) in [6.45, 7) is 1.85. The van der Waals surface area contributed by atoms with Crippen LogP contribution in [0.25, 0.3) is 0 Å². The molecular formula is C11H15ClN2O3. The van der Waals surface area contributed by atoms with Crippen LogP contribution in [-0.2, 0) is 9.53 Å². The lowest BCUT2D eigenvalue weighted by Crippen LogP contribution is -2.31. The summed E-state index contributed by atoms with van der Waals surface area (Å²) in [5, 5.41) is 2.43. The molecule has 1 amide bonds. The average Bonchev–Trinajstić information content (AvgIpc) is 2.27. The average molecular weight is 259 g/mol. The molecule has 0 radical (unpaired) electrons. The van der Waals surface area contributed by atoms with Gasteiger partial charge in [0, 0.05) is 5.69 Å². The van der Waals surface area contributed by atoms with Crippen molar-refractivity contribution in [2.24, 2.45) is 0 Å². The molecular weight excluding hydrogens is 244 g/mol. The predicted octanol–water partition coefficient (Wildman–Crippen LogP) is 0.983. The topological polar surface area (TPSA) is 81.4 Å². The second-order valence-electron chi connectivity index (χ2n) is 3.07. The van der Waals surface area contributed by atoms with Gasteiger partial charge in [-0.3, -0.25) is 9.59 Å². The number of benzene rings is 1. The number of halogens is 1. The molecule has 0 aliphatic carbocycles. The molecule has 94 valence electrons. The van der Waals surface area contributed by atoms with E-state index in [1.54, 1.807) is 31.2 Å². The van der Waals surface area contributed by atoms with Gasteiger partial charge >= 0.3 is 5.97 Å². The van der Waals surface area contributed by atoms with Gasteiger partial charge in [-0.25, -0.2) is 0 Å². The van der Waals surface area contributed by atoms with Gasteiger partial charge in [0.05, 0.1) is 12.2 Å². The lowest BCUT2D eigenvalue weighted by atomic mass is 10.2. The number of nitrogens with one attached hydrogen (secondary N) is 1. The van der Waals surface area contributed by atoms with E-state index in [1.807, 2.05) is 0 Å². The molecule has 0 spiro atoms. The smallest absolute Gasteiger partial charge is 0.325 e. The second kappa shape index (κ2) is 7.51. The number of carbonyl (C=O) groups is 2. The van der Waals surface area contributed by atoms with Crippen LogP contribution in [0.1, 0.15) is 17.3 Å². The van der Waals surface area contributed by atoms with Crippen LogP contribution in [0.4, 0.5) is 5.69 Å². The zero-order chi connectivity index (χ0) is 12.0. The highest BCUT2D eigenvalue weighted by Crippen LogP contribution is 2.09. The number of hydrogen-bond acceptors (Lipinski definition) is 4. The van der Waals surface area contributed by atoms with Gasteiger partial charge in [-0.15, -0.1) is 12.4 Å². The Bertz CT molecular complexity index is 396. The van der Waals surface area contributed by atoms with Crippen molar-refractivity contribution in [3.05, 3.63) is 29.8 Å². The molecule has 0 heterocycles. The van der Waals surface area contributed by atoms with Crippen molar-refractivity contribution >= 4 is 30.0 Å². The molecule has 0 saturated carbocycles. The first-order chi connectivity index (χ1) is 7.65. The van der Waals surface area contributed by atoms with E-state index < -0.39 is 5.97 Å². The third-order valence-electron chi connectivity index (χ3n) is 1.90. The molecule has 1 rings (SSSR count). The van der Waals surface area contributed by atoms with Crippen LogP contribution in [0.5, 0.6) is 0 Å². The van der Waals surface area contributed by atoms with Gasteiger partial charge in [0.15, 0.2) is 0 Å². The summed E-state index contributed by atoms with van der Waals surface area (Å²) in [6.07, 6.45) is 0. The zero-order valence-corrected chi connectivity index (χ0v) is 10.3. The molecule has 6 heteroatoms. The van der Waals surface area contributed by atoms with E-state index in [2.05, 4.69) is 10.1 Å². The summed E-state index contributed by atoms with van der Waals surface area (Å²) >= 11 is 0. The normalized spacial score (nSPS) is 9.00. The van der Waals surface area contributed by atoms with E-state index in [0.717, 1.165) is 0 Å². The molecule has 0 fully saturated rings. The molecule has 0 bridgehead atoms. The van der Waals surface area contributed by atoms with E-state index in [4.69, 9.17) is 5.73 Å². The summed E-state index contributed by atoms with van der Waals surface area (Å²) in [4.78, 5) is 22.6. The maximum absolute atomic E-state index is 11.6. The first-order valence-corrected chi connectivity index (χ1v) is 4.93. The maximum Gasteiger partial charge on any atom is 0.325 e. The summed E-state index contributed by atoms with van der Waals surface area (Å²) in [5.41, 5.74) is 6.34. The molecule has 0 unspecified atom stereocenters. The van der Waals surface area contributed by atoms with Crippen molar-refractivity contribution in [3.8, 4) is 0 Å². The highest BCUT2D eigenvalue weighted by atomic mass is 35.5. The van der Waals surface area contributed by atoms with Crippen molar-refractivity contribution in [3.63, 3.8) is 0 Å². The largest absolute Gasteiger partial charge is 0.465 e. The predicted molar refractivity (Wildman–Crippen MR) is 67.1 cm³/mol. The highest BCUT2D eigenvalue weighted by molar-refractivity contribution is 6.00. The fourth-order valence-corrected chi connectivity index (χ4v) is 1.16. The van der Waals surface area contributed by atoms with Crippen LogP contribution in [0, 0.1) is 0 Å². The highest BCUT2D eigenvalue weighted by Gasteiger charge is 2.10. The number of nitrogens with two attached hydrogens (primary N) is 1. The lowest BCUT2D eigenvalue weighted by molar-refractivity contribution is -0.141. The minimum atomic E-state index is -0.467. The number of anilines is 1. The molecule has 0 aliphatic rings. The molecule has 0 aromatic heterocycles. The second-order valence-corrected chi connectivity index (χ2v) is 3.07. The van der Waals surface area contributed by atoms with Gasteiger partial charge in [0.25, 0.3) is 5.91 Å². The Hall–Kier alpha value is -1.75. The van der Waals surface area contributed by atoms with Gasteiger partial charge in [-0.05, 0) is 19.1 Å². The molecule has 0 saturated heterocycles. The number of esters is 1. The van der Waals surface area contributed by atoms with Gasteiger partial charge in [-0.1, -0.05) is 12.1 Å². The van der Waals surface area contributed by atoms with Crippen LogP contribution < -0.4 is 11.1 Å². The van der Waals surface area contributed by atoms with Crippen LogP contribution in [0.3, 0.4) is 0 Å². The number of carbonyl (C=O) groups excluding carboxylic acids is 2. The van der Waals surface area contributed by atoms with E-state index in [9.17, 15) is 9.59 Å². The SMILES string of the molecule is CCOC(=O)CNC(=O)c1ccccc1N.Cl. The minimum Gasteiger partial charge on any atom is -0.465 e. The number of hydrogen-bond donors (Lipinski definition) is 2. The van der Waals surface area contributed by atoms with Gasteiger partial charge < -0.3 is 15.8 Å². The number of para-hydroxylation sites is 1. The number of amides is 1. The van der Waals surface area contributed by atoms with Gasteiger partial charge in [-0.2, -0.15) is 0 Å². The van der Waals surface area contributed by atoms with Crippen LogP contribution in [-0.4, -0.2) is 25.0 Å². The van der Waals surface area contributed by atoms with E-state index in [-0.39, 0.29) is 24.9 Å². The number of rotatable bonds is 4. The zero-order valence-electron chi connectivity index (χ0n) is 9.43. The molecule has 3 N–H and O–H groups in total. The lowest BCUT2D eigenvalue weighted by Gasteiger charge is -2.06. The van der Waals surface area contributed by atoms with E-state index in [1.165, 1.54) is 0 Å². The molecule has 1 aromatic rings. The Morgan fingerprint density at radius 1 is 1.35 bits per heavy atom. The standard InChI is InChI=1S/C11H14N2O3.ClH/c1-2-16-10(14)7-13-11(15)8-5-3-4-6-9(8)12;/h3-6H,2,7,12H2,1H3,(H,13,15);1H. The Kier molecular flexibility index (Phi) is 6.74. The van der Waals surface area contributed by atoms with Crippen molar-refractivity contribution in [2.45, 2.75) is 6.92 Å². The van der Waals surface area contributed by atoms with Crippen LogP contribution >= 0.6 is 12.4 Å². The molecule has 17 heavy (non-hydrogen) atoms. The molecule has 1 aromatic carbocycles.